The number of fused-ring (bicyclic) bond motifs is 1. The molecule has 2 atom stereocenters. The summed E-state index contributed by atoms with van der Waals surface area (Å²) in [6.45, 7) is 4.80. The quantitative estimate of drug-likeness (QED) is 0.830. The molecule has 1 amide bonds. The zero-order valence-corrected chi connectivity index (χ0v) is 11.6. The fourth-order valence-corrected chi connectivity index (χ4v) is 3.30. The fraction of sp³-hybridized carbons (Fsp3) is 0.562. The van der Waals surface area contributed by atoms with Crippen LogP contribution in [0.1, 0.15) is 24.5 Å². The number of aryl methyl sites for hydroxylation is 1. The molecule has 1 heterocycles. The molecule has 3 nitrogen and oxygen atoms in total. The molecule has 1 unspecified atom stereocenters. The minimum atomic E-state index is 0.195. The van der Waals surface area contributed by atoms with Gasteiger partial charge in [-0.25, -0.2) is 0 Å². The third-order valence-corrected chi connectivity index (χ3v) is 4.38. The van der Waals surface area contributed by atoms with Crippen molar-refractivity contribution in [3.05, 3.63) is 35.4 Å². The lowest BCUT2D eigenvalue weighted by Crippen LogP contribution is -2.53. The predicted molar refractivity (Wildman–Crippen MR) is 76.0 cm³/mol. The van der Waals surface area contributed by atoms with Crippen LogP contribution >= 0.6 is 0 Å². The van der Waals surface area contributed by atoms with Gasteiger partial charge in [-0.15, -0.1) is 0 Å². The number of carbonyl (C=O) groups excluding carboxylic acids is 1. The molecule has 1 aliphatic heterocycles. The highest BCUT2D eigenvalue weighted by Gasteiger charge is 2.29. The van der Waals surface area contributed by atoms with Crippen LogP contribution in [-0.2, 0) is 17.6 Å². The summed E-state index contributed by atoms with van der Waals surface area (Å²) in [6.07, 6.45) is 2.98. The molecule has 19 heavy (non-hydrogen) atoms. The maximum Gasteiger partial charge on any atom is 0.226 e. The number of piperazine rings is 1. The number of benzene rings is 1. The number of hydrogen-bond donors (Lipinski definition) is 1. The molecule has 0 radical (unpaired) electrons. The van der Waals surface area contributed by atoms with E-state index >= 15 is 0 Å². The highest BCUT2D eigenvalue weighted by atomic mass is 16.2. The second-order valence-electron chi connectivity index (χ2n) is 5.85. The summed E-state index contributed by atoms with van der Waals surface area (Å²) in [5, 5.41) is 3.39. The molecule has 3 heteroatoms. The number of nitrogens with zero attached hydrogens (tertiary/aromatic N) is 1. The summed E-state index contributed by atoms with van der Waals surface area (Å²) in [4.78, 5) is 14.7. The third-order valence-electron chi connectivity index (χ3n) is 4.38. The van der Waals surface area contributed by atoms with E-state index in [1.807, 2.05) is 0 Å². The summed E-state index contributed by atoms with van der Waals surface area (Å²) >= 11 is 0. The first kappa shape index (κ1) is 12.7. The Morgan fingerprint density at radius 2 is 2.11 bits per heavy atom. The SMILES string of the molecule is C[C@H]1CN(C(=O)C2CCc3ccccc3C2)CCN1. The Bertz CT molecular complexity index is 472. The largest absolute Gasteiger partial charge is 0.340 e. The summed E-state index contributed by atoms with van der Waals surface area (Å²) in [6, 6.07) is 8.98. The second-order valence-corrected chi connectivity index (χ2v) is 5.85. The first-order chi connectivity index (χ1) is 9.24. The summed E-state index contributed by atoms with van der Waals surface area (Å²) in [5.41, 5.74) is 2.80. The molecule has 0 spiro atoms. The van der Waals surface area contributed by atoms with Gasteiger partial charge < -0.3 is 10.2 Å². The lowest BCUT2D eigenvalue weighted by atomic mass is 9.83. The molecule has 2 aliphatic rings. The topological polar surface area (TPSA) is 32.3 Å². The molecule has 1 fully saturated rings. The van der Waals surface area contributed by atoms with Gasteiger partial charge in [0, 0.05) is 31.6 Å². The number of rotatable bonds is 1. The Morgan fingerprint density at radius 3 is 2.89 bits per heavy atom. The molecule has 0 aromatic heterocycles. The Hall–Kier alpha value is -1.35. The van der Waals surface area contributed by atoms with Gasteiger partial charge in [0.15, 0.2) is 0 Å². The zero-order valence-electron chi connectivity index (χ0n) is 11.6. The third kappa shape index (κ3) is 2.66. The van der Waals surface area contributed by atoms with E-state index in [4.69, 9.17) is 0 Å². The van der Waals surface area contributed by atoms with E-state index < -0.39 is 0 Å². The summed E-state index contributed by atoms with van der Waals surface area (Å²) in [5.74, 6) is 0.558. The summed E-state index contributed by atoms with van der Waals surface area (Å²) < 4.78 is 0. The molecule has 1 aromatic rings. The molecule has 1 aliphatic carbocycles. The van der Waals surface area contributed by atoms with Crippen LogP contribution in [0, 0.1) is 5.92 Å². The molecular weight excluding hydrogens is 236 g/mol. The number of nitrogens with one attached hydrogen (secondary N) is 1. The van der Waals surface area contributed by atoms with Gasteiger partial charge in [-0.05, 0) is 37.3 Å². The van der Waals surface area contributed by atoms with Gasteiger partial charge in [0.05, 0.1) is 0 Å². The van der Waals surface area contributed by atoms with Gasteiger partial charge in [-0.3, -0.25) is 4.79 Å². The van der Waals surface area contributed by atoms with Crippen LogP contribution in [0.2, 0.25) is 0 Å². The predicted octanol–water partition coefficient (Wildman–Crippen LogP) is 1.61. The normalized spacial score (nSPS) is 26.9. The van der Waals surface area contributed by atoms with E-state index in [1.165, 1.54) is 11.1 Å². The van der Waals surface area contributed by atoms with E-state index in [2.05, 4.69) is 41.4 Å². The Labute approximate surface area is 115 Å². The van der Waals surface area contributed by atoms with E-state index in [0.717, 1.165) is 38.9 Å². The monoisotopic (exact) mass is 258 g/mol. The van der Waals surface area contributed by atoms with E-state index in [-0.39, 0.29) is 5.92 Å². The Balaban J connectivity index is 1.69. The van der Waals surface area contributed by atoms with Crippen molar-refractivity contribution in [2.45, 2.75) is 32.2 Å². The summed E-state index contributed by atoms with van der Waals surface area (Å²) in [7, 11) is 0. The van der Waals surface area contributed by atoms with E-state index in [0.29, 0.717) is 11.9 Å². The van der Waals surface area contributed by atoms with Crippen LogP contribution in [0.5, 0.6) is 0 Å². The fourth-order valence-electron chi connectivity index (χ4n) is 3.30. The van der Waals surface area contributed by atoms with Crippen molar-refractivity contribution < 1.29 is 4.79 Å². The first-order valence-corrected chi connectivity index (χ1v) is 7.33. The lowest BCUT2D eigenvalue weighted by Gasteiger charge is -2.35. The van der Waals surface area contributed by atoms with Gasteiger partial charge in [0.25, 0.3) is 0 Å². The van der Waals surface area contributed by atoms with E-state index in [1.54, 1.807) is 0 Å². The van der Waals surface area contributed by atoms with E-state index in [9.17, 15) is 4.79 Å². The molecule has 1 saturated heterocycles. The van der Waals surface area contributed by atoms with Crippen molar-refractivity contribution in [3.8, 4) is 0 Å². The Kier molecular flexibility index (Phi) is 3.56. The molecule has 1 N–H and O–H groups in total. The highest BCUT2D eigenvalue weighted by molar-refractivity contribution is 5.79. The molecule has 3 rings (SSSR count). The van der Waals surface area contributed by atoms with Crippen molar-refractivity contribution in [2.75, 3.05) is 19.6 Å². The minimum Gasteiger partial charge on any atom is -0.340 e. The molecule has 102 valence electrons. The van der Waals surface area contributed by atoms with Crippen LogP contribution in [0.3, 0.4) is 0 Å². The zero-order chi connectivity index (χ0) is 13.2. The van der Waals surface area contributed by atoms with Crippen LogP contribution in [0.4, 0.5) is 0 Å². The Morgan fingerprint density at radius 1 is 1.32 bits per heavy atom. The molecular formula is C16H22N2O. The van der Waals surface area contributed by atoms with Crippen LogP contribution in [0.25, 0.3) is 0 Å². The van der Waals surface area contributed by atoms with Gasteiger partial charge in [-0.1, -0.05) is 24.3 Å². The van der Waals surface area contributed by atoms with Crippen molar-refractivity contribution >= 4 is 5.91 Å². The van der Waals surface area contributed by atoms with Crippen molar-refractivity contribution in [3.63, 3.8) is 0 Å². The molecule has 0 bridgehead atoms. The van der Waals surface area contributed by atoms with Gasteiger partial charge in [0.2, 0.25) is 5.91 Å². The molecule has 1 aromatic carbocycles. The molecule has 0 saturated carbocycles. The van der Waals surface area contributed by atoms with Crippen LogP contribution in [-0.4, -0.2) is 36.5 Å². The standard InChI is InChI=1S/C16H22N2O/c1-12-11-18(9-8-17-12)16(19)15-7-6-13-4-2-3-5-14(13)10-15/h2-5,12,15,17H,6-11H2,1H3/t12-,15?/m0/s1. The average molecular weight is 258 g/mol. The number of amides is 1. The highest BCUT2D eigenvalue weighted by Crippen LogP contribution is 2.27. The van der Waals surface area contributed by atoms with Crippen molar-refractivity contribution in [1.82, 2.24) is 10.2 Å². The minimum absolute atomic E-state index is 0.195. The number of carbonyl (C=O) groups is 1. The van der Waals surface area contributed by atoms with Crippen molar-refractivity contribution in [1.29, 1.82) is 0 Å². The number of hydrogen-bond acceptors (Lipinski definition) is 2. The van der Waals surface area contributed by atoms with Crippen LogP contribution in [0.15, 0.2) is 24.3 Å². The van der Waals surface area contributed by atoms with Crippen LogP contribution < -0.4 is 5.32 Å². The van der Waals surface area contributed by atoms with Gasteiger partial charge >= 0.3 is 0 Å². The lowest BCUT2D eigenvalue weighted by molar-refractivity contribution is -0.137. The maximum absolute atomic E-state index is 12.6. The van der Waals surface area contributed by atoms with Gasteiger partial charge in [0.1, 0.15) is 0 Å². The smallest absolute Gasteiger partial charge is 0.226 e. The van der Waals surface area contributed by atoms with Gasteiger partial charge in [-0.2, -0.15) is 0 Å². The first-order valence-electron chi connectivity index (χ1n) is 7.33. The maximum atomic E-state index is 12.6. The second kappa shape index (κ2) is 5.33. The average Bonchev–Trinajstić information content (AvgIpc) is 2.46. The van der Waals surface area contributed by atoms with Crippen molar-refractivity contribution in [2.24, 2.45) is 5.92 Å².